The van der Waals surface area contributed by atoms with Gasteiger partial charge in [0.05, 0.1) is 0 Å². The van der Waals surface area contributed by atoms with E-state index in [1.54, 1.807) is 20.8 Å². The number of esters is 2. The van der Waals surface area contributed by atoms with Crippen LogP contribution in [0.25, 0.3) is 0 Å². The van der Waals surface area contributed by atoms with Gasteiger partial charge in [0.15, 0.2) is 6.23 Å². The lowest BCUT2D eigenvalue weighted by atomic mass is 9.97. The van der Waals surface area contributed by atoms with Crippen LogP contribution >= 0.6 is 0 Å². The van der Waals surface area contributed by atoms with Crippen LogP contribution in [0.2, 0.25) is 0 Å². The number of carbonyl (C=O) groups is 2. The predicted molar refractivity (Wildman–Crippen MR) is 79.3 cm³/mol. The molecule has 0 aromatic rings. The van der Waals surface area contributed by atoms with E-state index >= 15 is 0 Å². The Balaban J connectivity index is 2.80. The highest BCUT2D eigenvalue weighted by atomic mass is 16.6. The summed E-state index contributed by atoms with van der Waals surface area (Å²) < 4.78 is 10.6. The fourth-order valence-corrected chi connectivity index (χ4v) is 2.29. The Bertz CT molecular complexity index is 382. The second-order valence-electron chi connectivity index (χ2n) is 7.01. The highest BCUT2D eigenvalue weighted by molar-refractivity contribution is 6.05. The van der Waals surface area contributed by atoms with Crippen LogP contribution in [0.5, 0.6) is 0 Å². The van der Waals surface area contributed by atoms with Crippen LogP contribution in [0.1, 0.15) is 53.9 Å². The Hall–Kier alpha value is -1.14. The zero-order valence-corrected chi connectivity index (χ0v) is 13.7. The molecule has 6 nitrogen and oxygen atoms in total. The van der Waals surface area contributed by atoms with Gasteiger partial charge in [0.25, 0.3) is 0 Å². The average Bonchev–Trinajstić information content (AvgIpc) is 2.74. The molecule has 1 unspecified atom stereocenters. The molecule has 1 saturated heterocycles. The van der Waals surface area contributed by atoms with Crippen molar-refractivity contribution >= 4 is 11.9 Å². The first-order valence-corrected chi connectivity index (χ1v) is 7.52. The third kappa shape index (κ3) is 4.97. The maximum absolute atomic E-state index is 12.4. The molecule has 0 saturated carbocycles. The molecule has 21 heavy (non-hydrogen) atoms. The van der Waals surface area contributed by atoms with Gasteiger partial charge in [0.2, 0.25) is 5.54 Å². The van der Waals surface area contributed by atoms with E-state index in [-0.39, 0.29) is 0 Å². The Morgan fingerprint density at radius 1 is 1.29 bits per heavy atom. The lowest BCUT2D eigenvalue weighted by molar-refractivity contribution is -0.175. The summed E-state index contributed by atoms with van der Waals surface area (Å²) in [6.45, 7) is 9.86. The van der Waals surface area contributed by atoms with Crippen molar-refractivity contribution < 1.29 is 19.1 Å². The number of carbonyl (C=O) groups excluding carboxylic acids is 2. The Morgan fingerprint density at radius 2 is 1.90 bits per heavy atom. The summed E-state index contributed by atoms with van der Waals surface area (Å²) in [7, 11) is 0. The molecule has 0 aliphatic carbocycles. The van der Waals surface area contributed by atoms with Crippen LogP contribution in [-0.4, -0.2) is 35.9 Å². The summed E-state index contributed by atoms with van der Waals surface area (Å²) in [6.07, 6.45) is 0.929. The van der Waals surface area contributed by atoms with E-state index in [9.17, 15) is 9.59 Å². The van der Waals surface area contributed by atoms with Crippen molar-refractivity contribution in [3.05, 3.63) is 0 Å². The third-order valence-electron chi connectivity index (χ3n) is 3.21. The molecule has 0 amide bonds. The van der Waals surface area contributed by atoms with Crippen molar-refractivity contribution in [1.82, 2.24) is 5.32 Å². The van der Waals surface area contributed by atoms with Crippen LogP contribution in [-0.2, 0) is 19.1 Å². The van der Waals surface area contributed by atoms with Gasteiger partial charge in [-0.05, 0) is 46.1 Å². The van der Waals surface area contributed by atoms with Crippen LogP contribution in [0.15, 0.2) is 0 Å². The Kier molecular flexibility index (Phi) is 5.75. The summed E-state index contributed by atoms with van der Waals surface area (Å²) >= 11 is 0. The van der Waals surface area contributed by atoms with Crippen molar-refractivity contribution in [2.24, 2.45) is 11.7 Å². The molecular weight excluding hydrogens is 272 g/mol. The van der Waals surface area contributed by atoms with E-state index in [1.807, 2.05) is 13.8 Å². The first kappa shape index (κ1) is 17.9. The van der Waals surface area contributed by atoms with Crippen molar-refractivity contribution in [3.63, 3.8) is 0 Å². The lowest BCUT2D eigenvalue weighted by Gasteiger charge is -2.30. The van der Waals surface area contributed by atoms with Gasteiger partial charge in [-0.15, -0.1) is 0 Å². The molecule has 1 heterocycles. The molecule has 0 aromatic carbocycles. The number of nitrogens with two attached hydrogens (primary N) is 1. The summed E-state index contributed by atoms with van der Waals surface area (Å²) in [5, 5.41) is 2.95. The van der Waals surface area contributed by atoms with Gasteiger partial charge in [-0.25, -0.2) is 9.59 Å². The smallest absolute Gasteiger partial charge is 0.339 e. The molecule has 0 aromatic heterocycles. The average molecular weight is 300 g/mol. The Morgan fingerprint density at radius 3 is 2.33 bits per heavy atom. The monoisotopic (exact) mass is 300 g/mol. The van der Waals surface area contributed by atoms with Gasteiger partial charge >= 0.3 is 11.9 Å². The molecule has 122 valence electrons. The fourth-order valence-electron chi connectivity index (χ4n) is 2.29. The molecule has 6 heteroatoms. The molecule has 3 N–H and O–H groups in total. The first-order valence-electron chi connectivity index (χ1n) is 7.52. The van der Waals surface area contributed by atoms with Gasteiger partial charge in [0, 0.05) is 6.42 Å². The minimum atomic E-state index is -1.41. The van der Waals surface area contributed by atoms with Crippen LogP contribution in [0, 0.1) is 5.92 Å². The van der Waals surface area contributed by atoms with Crippen molar-refractivity contribution in [3.8, 4) is 0 Å². The van der Waals surface area contributed by atoms with Crippen molar-refractivity contribution in [1.29, 1.82) is 0 Å². The van der Waals surface area contributed by atoms with Crippen molar-refractivity contribution in [2.75, 3.05) is 6.54 Å². The van der Waals surface area contributed by atoms with E-state index in [0.717, 1.165) is 0 Å². The van der Waals surface area contributed by atoms with E-state index in [4.69, 9.17) is 15.2 Å². The minimum Gasteiger partial charge on any atom is -0.458 e. The quantitative estimate of drug-likeness (QED) is 0.452. The van der Waals surface area contributed by atoms with Gasteiger partial charge < -0.3 is 9.47 Å². The topological polar surface area (TPSA) is 90.7 Å². The molecule has 0 bridgehead atoms. The number of hydrogen-bond acceptors (Lipinski definition) is 6. The van der Waals surface area contributed by atoms with Crippen molar-refractivity contribution in [2.45, 2.75) is 71.2 Å². The molecule has 1 aliphatic rings. The maximum atomic E-state index is 12.4. The zero-order chi connectivity index (χ0) is 16.3. The summed E-state index contributed by atoms with van der Waals surface area (Å²) in [5.74, 6) is -0.918. The van der Waals surface area contributed by atoms with E-state index in [1.165, 1.54) is 0 Å². The molecule has 1 fully saturated rings. The van der Waals surface area contributed by atoms with E-state index < -0.39 is 29.3 Å². The highest BCUT2D eigenvalue weighted by Gasteiger charge is 2.52. The van der Waals surface area contributed by atoms with E-state index in [2.05, 4.69) is 5.32 Å². The molecular formula is C15H28N2O4. The summed E-state index contributed by atoms with van der Waals surface area (Å²) in [6, 6.07) is 0. The molecule has 1 aliphatic heterocycles. The molecule has 0 radical (unpaired) electrons. The van der Waals surface area contributed by atoms with Gasteiger partial charge in [0.1, 0.15) is 5.60 Å². The number of hydrogen-bond donors (Lipinski definition) is 2. The highest BCUT2D eigenvalue weighted by Crippen LogP contribution is 2.26. The van der Waals surface area contributed by atoms with Gasteiger partial charge in [-0.3, -0.25) is 11.1 Å². The standard InChI is InChI=1S/C15H28N2O4/c1-10(2)9-11(16)20-12(18)15(7-6-8-17-15)13(19)21-14(3,4)5/h10-11,17H,6-9,16H2,1-5H3/t11?,15-/m0/s1. The number of nitrogens with one attached hydrogen (secondary N) is 1. The number of rotatable bonds is 5. The normalized spacial score (nSPS) is 24.0. The van der Waals surface area contributed by atoms with E-state index in [0.29, 0.717) is 31.7 Å². The van der Waals surface area contributed by atoms with Crippen LogP contribution < -0.4 is 11.1 Å². The van der Waals surface area contributed by atoms with Crippen LogP contribution in [0.4, 0.5) is 0 Å². The minimum absolute atomic E-state index is 0.307. The third-order valence-corrected chi connectivity index (χ3v) is 3.21. The van der Waals surface area contributed by atoms with Gasteiger partial charge in [-0.2, -0.15) is 0 Å². The second kappa shape index (κ2) is 6.75. The van der Waals surface area contributed by atoms with Crippen LogP contribution in [0.3, 0.4) is 0 Å². The predicted octanol–water partition coefficient (Wildman–Crippen LogP) is 1.32. The SMILES string of the molecule is CC(C)CC(N)OC(=O)[C@]1(C(=O)OC(C)(C)C)CCCN1. The lowest BCUT2D eigenvalue weighted by Crippen LogP contribution is -2.58. The maximum Gasteiger partial charge on any atom is 0.339 e. The Labute approximate surface area is 126 Å². The van der Waals surface area contributed by atoms with Gasteiger partial charge in [-0.1, -0.05) is 13.8 Å². The summed E-state index contributed by atoms with van der Waals surface area (Å²) in [5.41, 5.74) is 3.73. The molecule has 1 rings (SSSR count). The first-order chi connectivity index (χ1) is 9.57. The molecule has 2 atom stereocenters. The summed E-state index contributed by atoms with van der Waals surface area (Å²) in [4.78, 5) is 24.8. The fraction of sp³-hybridized carbons (Fsp3) is 0.867. The largest absolute Gasteiger partial charge is 0.458 e. The second-order valence-corrected chi connectivity index (χ2v) is 7.01. The zero-order valence-electron chi connectivity index (χ0n) is 13.7. The molecule has 0 spiro atoms. The number of ether oxygens (including phenoxy) is 2.